The number of esters is 1. The van der Waals surface area contributed by atoms with Crippen LogP contribution in [-0.2, 0) is 15.3 Å². The number of thiazole rings is 1. The van der Waals surface area contributed by atoms with E-state index < -0.39 is 12.1 Å². The van der Waals surface area contributed by atoms with Crippen LogP contribution in [0, 0.1) is 6.92 Å². The summed E-state index contributed by atoms with van der Waals surface area (Å²) < 4.78 is 6.32. The van der Waals surface area contributed by atoms with Gasteiger partial charge < -0.3 is 10.1 Å². The monoisotopic (exact) mass is 376 g/mol. The number of nitrogens with one attached hydrogen (secondary N) is 1. The van der Waals surface area contributed by atoms with Crippen molar-refractivity contribution >= 4 is 35.0 Å². The van der Waals surface area contributed by atoms with Gasteiger partial charge in [-0.05, 0) is 38.3 Å². The van der Waals surface area contributed by atoms with Crippen molar-refractivity contribution in [3.05, 3.63) is 46.5 Å². The molecule has 1 saturated carbocycles. The van der Waals surface area contributed by atoms with Gasteiger partial charge >= 0.3 is 5.97 Å². The fraction of sp³-hybridized carbons (Fsp3) is 0.389. The van der Waals surface area contributed by atoms with Gasteiger partial charge in [0, 0.05) is 22.9 Å². The maximum atomic E-state index is 12.5. The van der Waals surface area contributed by atoms with E-state index in [4.69, 9.17) is 4.74 Å². The molecule has 2 aromatic rings. The molecule has 25 heavy (non-hydrogen) atoms. The number of hydrogen-bond donors (Lipinski definition) is 1. The average Bonchev–Trinajstić information content (AvgIpc) is 3.32. The Bertz CT molecular complexity index is 771. The zero-order valence-electron chi connectivity index (χ0n) is 14.2. The second-order valence-electron chi connectivity index (χ2n) is 6.03. The van der Waals surface area contributed by atoms with Crippen LogP contribution in [0.5, 0.6) is 0 Å². The van der Waals surface area contributed by atoms with Gasteiger partial charge in [-0.1, -0.05) is 30.0 Å². The first kappa shape index (κ1) is 17.9. The van der Waals surface area contributed by atoms with Gasteiger partial charge in [0.2, 0.25) is 0 Å². The van der Waals surface area contributed by atoms with Crippen molar-refractivity contribution in [2.45, 2.75) is 48.9 Å². The summed E-state index contributed by atoms with van der Waals surface area (Å²) in [6.07, 6.45) is 1.21. The lowest BCUT2D eigenvalue weighted by Crippen LogP contribution is -2.37. The molecule has 1 aliphatic carbocycles. The summed E-state index contributed by atoms with van der Waals surface area (Å²) in [5, 5.41) is 4.85. The van der Waals surface area contributed by atoms with E-state index >= 15 is 0 Å². The second kappa shape index (κ2) is 8.01. The van der Waals surface area contributed by atoms with Crippen molar-refractivity contribution in [3.63, 3.8) is 0 Å². The number of ether oxygens (including phenoxy) is 1. The molecule has 0 spiro atoms. The van der Waals surface area contributed by atoms with E-state index in [0.29, 0.717) is 11.3 Å². The first-order chi connectivity index (χ1) is 12.0. The predicted molar refractivity (Wildman–Crippen MR) is 98.9 cm³/mol. The van der Waals surface area contributed by atoms with Gasteiger partial charge in [0.15, 0.2) is 6.10 Å². The number of carbonyl (C=O) groups is 2. The van der Waals surface area contributed by atoms with E-state index in [1.165, 1.54) is 0 Å². The van der Waals surface area contributed by atoms with Crippen molar-refractivity contribution < 1.29 is 14.3 Å². The molecule has 132 valence electrons. The van der Waals surface area contributed by atoms with E-state index in [2.05, 4.69) is 10.3 Å². The highest BCUT2D eigenvalue weighted by atomic mass is 32.2. The van der Waals surface area contributed by atoms with Crippen LogP contribution in [0.15, 0.2) is 34.0 Å². The molecule has 1 heterocycles. The highest BCUT2D eigenvalue weighted by Crippen LogP contribution is 2.27. The Morgan fingerprint density at radius 1 is 1.40 bits per heavy atom. The predicted octanol–water partition coefficient (Wildman–Crippen LogP) is 3.57. The number of carbonyl (C=O) groups excluding carboxylic acids is 2. The summed E-state index contributed by atoms with van der Waals surface area (Å²) in [5.41, 5.74) is 2.37. The third kappa shape index (κ3) is 5.06. The lowest BCUT2D eigenvalue weighted by Gasteiger charge is -2.14. The standard InChI is InChI=1S/C18H20N2O3S2/c1-11-9-24-18(19-11)25-10-13-5-3-4-6-15(13)17(22)23-12(2)16(21)20-14-7-8-14/h3-6,9,12,14H,7-8,10H2,1-2H3,(H,20,21)/t12-/m0/s1. The summed E-state index contributed by atoms with van der Waals surface area (Å²) in [6.45, 7) is 3.56. The first-order valence-electron chi connectivity index (χ1n) is 8.17. The number of rotatable bonds is 7. The average molecular weight is 377 g/mol. The highest BCUT2D eigenvalue weighted by Gasteiger charge is 2.27. The number of aromatic nitrogens is 1. The van der Waals surface area contributed by atoms with Gasteiger partial charge in [0.05, 0.1) is 5.56 Å². The van der Waals surface area contributed by atoms with Crippen LogP contribution in [0.4, 0.5) is 0 Å². The fourth-order valence-corrected chi connectivity index (χ4v) is 4.06. The molecule has 1 aromatic heterocycles. The van der Waals surface area contributed by atoms with E-state index in [9.17, 15) is 9.59 Å². The lowest BCUT2D eigenvalue weighted by molar-refractivity contribution is -0.129. The van der Waals surface area contributed by atoms with Crippen molar-refractivity contribution in [1.29, 1.82) is 0 Å². The van der Waals surface area contributed by atoms with Crippen LogP contribution in [0.1, 0.15) is 41.4 Å². The van der Waals surface area contributed by atoms with E-state index in [1.807, 2.05) is 24.4 Å². The second-order valence-corrected chi connectivity index (χ2v) is 8.11. The van der Waals surface area contributed by atoms with Crippen molar-refractivity contribution in [2.75, 3.05) is 0 Å². The molecule has 1 aliphatic rings. The molecule has 1 amide bonds. The molecule has 0 bridgehead atoms. The van der Waals surface area contributed by atoms with Gasteiger partial charge in [0.1, 0.15) is 4.34 Å². The molecule has 0 saturated heterocycles. The van der Waals surface area contributed by atoms with Crippen molar-refractivity contribution in [2.24, 2.45) is 0 Å². The molecule has 1 fully saturated rings. The van der Waals surface area contributed by atoms with Crippen LogP contribution >= 0.6 is 23.1 Å². The Labute approximate surface area is 155 Å². The SMILES string of the molecule is Cc1csc(SCc2ccccc2C(=O)O[C@@H](C)C(=O)NC2CC2)n1. The molecular formula is C18H20N2O3S2. The minimum atomic E-state index is -0.796. The number of benzene rings is 1. The van der Waals surface area contributed by atoms with Gasteiger partial charge in [-0.2, -0.15) is 0 Å². The number of aryl methyl sites for hydroxylation is 1. The fourth-order valence-electron chi connectivity index (χ4n) is 2.21. The summed E-state index contributed by atoms with van der Waals surface area (Å²) in [4.78, 5) is 28.8. The number of amides is 1. The lowest BCUT2D eigenvalue weighted by atomic mass is 10.1. The highest BCUT2D eigenvalue weighted by molar-refractivity contribution is 8.00. The summed E-state index contributed by atoms with van der Waals surface area (Å²) >= 11 is 3.18. The third-order valence-electron chi connectivity index (χ3n) is 3.76. The smallest absolute Gasteiger partial charge is 0.339 e. The summed E-state index contributed by atoms with van der Waals surface area (Å²) in [7, 11) is 0. The van der Waals surface area contributed by atoms with E-state index in [-0.39, 0.29) is 11.9 Å². The Kier molecular flexibility index (Phi) is 5.75. The van der Waals surface area contributed by atoms with E-state index in [0.717, 1.165) is 28.4 Å². The minimum Gasteiger partial charge on any atom is -0.449 e. The van der Waals surface area contributed by atoms with Crippen LogP contribution in [0.3, 0.4) is 0 Å². The molecule has 0 unspecified atom stereocenters. The maximum absolute atomic E-state index is 12.5. The minimum absolute atomic E-state index is 0.235. The quantitative estimate of drug-likeness (QED) is 0.591. The Morgan fingerprint density at radius 2 is 2.16 bits per heavy atom. The molecule has 1 N–H and O–H groups in total. The van der Waals surface area contributed by atoms with Crippen molar-refractivity contribution in [1.82, 2.24) is 10.3 Å². The zero-order valence-corrected chi connectivity index (χ0v) is 15.8. The molecule has 5 nitrogen and oxygen atoms in total. The molecule has 1 aromatic carbocycles. The van der Waals surface area contributed by atoms with Crippen LogP contribution in [0.2, 0.25) is 0 Å². The normalized spacial score (nSPS) is 14.8. The van der Waals surface area contributed by atoms with Gasteiger partial charge in [-0.3, -0.25) is 4.79 Å². The first-order valence-corrected chi connectivity index (χ1v) is 10.0. The van der Waals surface area contributed by atoms with Crippen LogP contribution in [0.25, 0.3) is 0 Å². The largest absolute Gasteiger partial charge is 0.449 e. The maximum Gasteiger partial charge on any atom is 0.339 e. The Hall–Kier alpha value is -1.86. The summed E-state index contributed by atoms with van der Waals surface area (Å²) in [6, 6.07) is 7.57. The third-order valence-corrected chi connectivity index (χ3v) is 5.95. The molecular weight excluding hydrogens is 356 g/mol. The Balaban J connectivity index is 1.62. The number of hydrogen-bond acceptors (Lipinski definition) is 6. The number of thioether (sulfide) groups is 1. The van der Waals surface area contributed by atoms with Gasteiger partial charge in [-0.25, -0.2) is 9.78 Å². The molecule has 7 heteroatoms. The Morgan fingerprint density at radius 3 is 2.84 bits per heavy atom. The van der Waals surface area contributed by atoms with Gasteiger partial charge in [0.25, 0.3) is 5.91 Å². The topological polar surface area (TPSA) is 68.3 Å². The number of nitrogens with zero attached hydrogens (tertiary/aromatic N) is 1. The van der Waals surface area contributed by atoms with E-state index in [1.54, 1.807) is 42.2 Å². The molecule has 0 aliphatic heterocycles. The molecule has 0 radical (unpaired) electrons. The van der Waals surface area contributed by atoms with Crippen molar-refractivity contribution in [3.8, 4) is 0 Å². The molecule has 3 rings (SSSR count). The summed E-state index contributed by atoms with van der Waals surface area (Å²) in [5.74, 6) is -0.0770. The van der Waals surface area contributed by atoms with Crippen LogP contribution < -0.4 is 5.32 Å². The van der Waals surface area contributed by atoms with Gasteiger partial charge in [-0.15, -0.1) is 11.3 Å². The molecule has 1 atom stereocenters. The van der Waals surface area contributed by atoms with Crippen LogP contribution in [-0.4, -0.2) is 29.0 Å². The zero-order chi connectivity index (χ0) is 17.8.